The van der Waals surface area contributed by atoms with Gasteiger partial charge in [-0.05, 0) is 19.8 Å². The summed E-state index contributed by atoms with van der Waals surface area (Å²) in [5.41, 5.74) is 5.67. The van der Waals surface area contributed by atoms with Gasteiger partial charge >= 0.3 is 0 Å². The zero-order valence-corrected chi connectivity index (χ0v) is 11.9. The van der Waals surface area contributed by atoms with E-state index in [-0.39, 0.29) is 23.5 Å². The number of aromatic nitrogens is 2. The van der Waals surface area contributed by atoms with Crippen LogP contribution in [0.25, 0.3) is 0 Å². The summed E-state index contributed by atoms with van der Waals surface area (Å²) in [5, 5.41) is 3.68. The van der Waals surface area contributed by atoms with Crippen molar-refractivity contribution in [3.05, 3.63) is 11.7 Å². The van der Waals surface area contributed by atoms with Crippen LogP contribution >= 0.6 is 0 Å². The van der Waals surface area contributed by atoms with Crippen molar-refractivity contribution in [2.75, 3.05) is 6.26 Å². The van der Waals surface area contributed by atoms with E-state index in [0.29, 0.717) is 5.89 Å². The van der Waals surface area contributed by atoms with Crippen molar-refractivity contribution < 1.29 is 12.9 Å². The zero-order valence-electron chi connectivity index (χ0n) is 11.1. The lowest BCUT2D eigenvalue weighted by atomic mass is 10.0. The van der Waals surface area contributed by atoms with E-state index in [9.17, 15) is 8.42 Å². The van der Waals surface area contributed by atoms with Crippen LogP contribution in [0.2, 0.25) is 0 Å². The second-order valence-electron chi connectivity index (χ2n) is 4.93. The van der Waals surface area contributed by atoms with Gasteiger partial charge in [0.05, 0.1) is 0 Å². The number of sulfone groups is 1. The third-order valence-corrected chi connectivity index (χ3v) is 3.38. The predicted octanol–water partition coefficient (Wildman–Crippen LogP) is 1.24. The first-order chi connectivity index (χ1) is 8.28. The molecule has 2 N–H and O–H groups in total. The van der Waals surface area contributed by atoms with Crippen molar-refractivity contribution >= 4 is 9.84 Å². The molecule has 1 aromatic heterocycles. The van der Waals surface area contributed by atoms with Gasteiger partial charge in [0.2, 0.25) is 5.89 Å². The molecule has 0 aliphatic rings. The highest BCUT2D eigenvalue weighted by molar-refractivity contribution is 7.89. The van der Waals surface area contributed by atoms with Gasteiger partial charge in [-0.25, -0.2) is 8.42 Å². The van der Waals surface area contributed by atoms with Gasteiger partial charge in [0.25, 0.3) is 0 Å². The van der Waals surface area contributed by atoms with E-state index in [1.165, 1.54) is 0 Å². The van der Waals surface area contributed by atoms with E-state index in [1.807, 2.05) is 13.8 Å². The zero-order chi connectivity index (χ0) is 13.8. The molecule has 0 spiro atoms. The molecule has 1 aromatic rings. The van der Waals surface area contributed by atoms with Crippen LogP contribution in [-0.2, 0) is 15.6 Å². The fourth-order valence-electron chi connectivity index (χ4n) is 1.63. The monoisotopic (exact) mass is 275 g/mol. The maximum Gasteiger partial charge on any atom is 0.229 e. The molecule has 0 aliphatic carbocycles. The molecular weight excluding hydrogens is 254 g/mol. The van der Waals surface area contributed by atoms with Gasteiger partial charge in [-0.15, -0.1) is 0 Å². The van der Waals surface area contributed by atoms with Gasteiger partial charge in [0.1, 0.15) is 5.75 Å². The Morgan fingerprint density at radius 3 is 2.56 bits per heavy atom. The normalized spacial score (nSPS) is 15.6. The van der Waals surface area contributed by atoms with Gasteiger partial charge in [-0.1, -0.05) is 18.5 Å². The van der Waals surface area contributed by atoms with E-state index in [1.54, 1.807) is 0 Å². The van der Waals surface area contributed by atoms with Gasteiger partial charge in [0, 0.05) is 18.2 Å². The van der Waals surface area contributed by atoms with Crippen LogP contribution in [0.1, 0.15) is 50.7 Å². The Balaban J connectivity index is 2.51. The molecule has 104 valence electrons. The Morgan fingerprint density at radius 2 is 2.00 bits per heavy atom. The van der Waals surface area contributed by atoms with Crippen molar-refractivity contribution in [2.24, 2.45) is 5.73 Å². The lowest BCUT2D eigenvalue weighted by molar-refractivity contribution is 0.346. The Labute approximate surface area is 108 Å². The van der Waals surface area contributed by atoms with E-state index < -0.39 is 9.84 Å². The molecule has 0 radical (unpaired) electrons. The summed E-state index contributed by atoms with van der Waals surface area (Å²) in [5.74, 6) is 0.678. The van der Waals surface area contributed by atoms with E-state index >= 15 is 0 Å². The van der Waals surface area contributed by atoms with E-state index in [2.05, 4.69) is 10.1 Å². The molecule has 0 bridgehead atoms. The number of nitrogens with two attached hydrogens (primary N) is 1. The Hall–Kier alpha value is -0.950. The molecule has 2 atom stereocenters. The highest BCUT2D eigenvalue weighted by Gasteiger charge is 2.16. The van der Waals surface area contributed by atoms with Crippen LogP contribution in [0.15, 0.2) is 4.52 Å². The minimum atomic E-state index is -3.12. The Morgan fingerprint density at radius 1 is 1.33 bits per heavy atom. The van der Waals surface area contributed by atoms with Crippen LogP contribution in [0.4, 0.5) is 0 Å². The topological polar surface area (TPSA) is 99.1 Å². The van der Waals surface area contributed by atoms with Crippen molar-refractivity contribution in [2.45, 2.75) is 50.8 Å². The summed E-state index contributed by atoms with van der Waals surface area (Å²) in [6, 6.07) is 0.195. The summed E-state index contributed by atoms with van der Waals surface area (Å²) in [6.07, 6.45) is 3.99. The maximum atomic E-state index is 11.1. The van der Waals surface area contributed by atoms with Crippen LogP contribution in [0.5, 0.6) is 0 Å². The first-order valence-electron chi connectivity index (χ1n) is 6.03. The van der Waals surface area contributed by atoms with Gasteiger partial charge < -0.3 is 10.3 Å². The average Bonchev–Trinajstić information content (AvgIpc) is 2.62. The average molecular weight is 275 g/mol. The fourth-order valence-corrected chi connectivity index (χ4v) is 2.22. The second kappa shape index (κ2) is 6.29. The molecule has 7 heteroatoms. The molecule has 0 aromatic carbocycles. The third kappa shape index (κ3) is 5.59. The number of rotatable bonds is 7. The van der Waals surface area contributed by atoms with Gasteiger partial charge in [-0.2, -0.15) is 4.98 Å². The Kier molecular flexibility index (Phi) is 5.28. The lowest BCUT2D eigenvalue weighted by Crippen LogP contribution is -2.14. The quantitative estimate of drug-likeness (QED) is 0.803. The summed E-state index contributed by atoms with van der Waals surface area (Å²) < 4.78 is 27.3. The van der Waals surface area contributed by atoms with E-state index in [4.69, 9.17) is 10.3 Å². The van der Waals surface area contributed by atoms with Gasteiger partial charge in [-0.3, -0.25) is 0 Å². The van der Waals surface area contributed by atoms with Crippen LogP contribution in [0, 0.1) is 0 Å². The fraction of sp³-hybridized carbons (Fsp3) is 0.818. The van der Waals surface area contributed by atoms with Crippen LogP contribution in [-0.4, -0.2) is 30.9 Å². The number of hydrogen-bond donors (Lipinski definition) is 1. The molecule has 6 nitrogen and oxygen atoms in total. The van der Waals surface area contributed by atoms with Crippen molar-refractivity contribution in [1.82, 2.24) is 10.1 Å². The number of hydrogen-bond acceptors (Lipinski definition) is 6. The second-order valence-corrected chi connectivity index (χ2v) is 7.07. The molecule has 0 fully saturated rings. The standard InChI is InChI=1S/C11H21N3O3S/c1-8(5-4-6-9(2)12)11-13-10(14-17-11)7-18(3,15)16/h8-9H,4-7,12H2,1-3H3. The summed E-state index contributed by atoms with van der Waals surface area (Å²) >= 11 is 0. The SMILES string of the molecule is CC(N)CCCC(C)c1nc(CS(C)(=O)=O)no1. The van der Waals surface area contributed by atoms with Crippen LogP contribution < -0.4 is 5.73 Å². The molecular formula is C11H21N3O3S. The largest absolute Gasteiger partial charge is 0.339 e. The predicted molar refractivity (Wildman–Crippen MR) is 68.8 cm³/mol. The summed E-state index contributed by atoms with van der Waals surface area (Å²) in [6.45, 7) is 3.96. The molecule has 0 aliphatic heterocycles. The van der Waals surface area contributed by atoms with Crippen molar-refractivity contribution in [1.29, 1.82) is 0 Å². The van der Waals surface area contributed by atoms with Gasteiger partial charge in [0.15, 0.2) is 15.7 Å². The highest BCUT2D eigenvalue weighted by atomic mass is 32.2. The Bertz CT molecular complexity index is 468. The molecule has 1 heterocycles. The van der Waals surface area contributed by atoms with Crippen molar-refractivity contribution in [3.63, 3.8) is 0 Å². The lowest BCUT2D eigenvalue weighted by Gasteiger charge is -2.07. The summed E-state index contributed by atoms with van der Waals surface area (Å²) in [7, 11) is -3.12. The summed E-state index contributed by atoms with van der Waals surface area (Å²) in [4.78, 5) is 4.11. The minimum Gasteiger partial charge on any atom is -0.339 e. The smallest absolute Gasteiger partial charge is 0.229 e. The van der Waals surface area contributed by atoms with Crippen molar-refractivity contribution in [3.8, 4) is 0 Å². The third-order valence-electron chi connectivity index (χ3n) is 2.59. The molecule has 2 unspecified atom stereocenters. The molecule has 0 saturated heterocycles. The van der Waals surface area contributed by atoms with Crippen LogP contribution in [0.3, 0.4) is 0 Å². The molecule has 0 saturated carbocycles. The first-order valence-corrected chi connectivity index (χ1v) is 8.10. The number of nitrogens with zero attached hydrogens (tertiary/aromatic N) is 2. The minimum absolute atomic E-state index is 0.129. The van der Waals surface area contributed by atoms with E-state index in [0.717, 1.165) is 25.5 Å². The first kappa shape index (κ1) is 15.1. The maximum absolute atomic E-state index is 11.1. The molecule has 18 heavy (non-hydrogen) atoms. The molecule has 1 rings (SSSR count). The highest BCUT2D eigenvalue weighted by Crippen LogP contribution is 2.20. The molecule has 0 amide bonds.